The van der Waals surface area contributed by atoms with Crippen molar-refractivity contribution in [2.45, 2.75) is 39.4 Å². The number of hydrogen-bond donors (Lipinski definition) is 1. The van der Waals surface area contributed by atoms with Crippen LogP contribution in [-0.2, 0) is 26.2 Å². The Morgan fingerprint density at radius 1 is 1.00 bits per heavy atom. The normalized spacial score (nSPS) is 12.4. The number of halogens is 4. The molecule has 0 spiro atoms. The molecule has 2 amide bonds. The lowest BCUT2D eigenvalue weighted by Crippen LogP contribution is -2.52. The second-order valence-electron chi connectivity index (χ2n) is 7.94. The standard InChI is InChI=1S/C22H25Cl4N3O4S/c1-13(2)27-22(31)14(3)28(11-15-8-9-16(23)10-18(15)25)20(30)12-29(34(4,32)33)19-7-5-6-17(24)21(19)26/h5-10,13-14H,11-12H2,1-4H3,(H,27,31). The molecule has 0 radical (unpaired) electrons. The molecule has 0 aliphatic carbocycles. The highest BCUT2D eigenvalue weighted by atomic mass is 35.5. The fourth-order valence-corrected chi connectivity index (χ4v) is 4.87. The SMILES string of the molecule is CC(C)NC(=O)C(C)N(Cc1ccc(Cl)cc1Cl)C(=O)CN(c1cccc(Cl)c1Cl)S(C)(=O)=O. The van der Waals surface area contributed by atoms with E-state index in [0.29, 0.717) is 15.6 Å². The van der Waals surface area contributed by atoms with E-state index in [-0.39, 0.29) is 28.3 Å². The second kappa shape index (κ2) is 11.8. The maximum absolute atomic E-state index is 13.5. The number of benzene rings is 2. The lowest BCUT2D eigenvalue weighted by Gasteiger charge is -2.32. The molecule has 0 saturated heterocycles. The van der Waals surface area contributed by atoms with Crippen LogP contribution in [0, 0.1) is 0 Å². The molecule has 0 aromatic heterocycles. The van der Waals surface area contributed by atoms with Gasteiger partial charge in [0.15, 0.2) is 0 Å². The third-order valence-electron chi connectivity index (χ3n) is 4.83. The zero-order valence-corrected chi connectivity index (χ0v) is 22.8. The first-order valence-electron chi connectivity index (χ1n) is 10.2. The summed E-state index contributed by atoms with van der Waals surface area (Å²) >= 11 is 24.6. The van der Waals surface area contributed by atoms with E-state index in [1.807, 2.05) is 0 Å². The molecular formula is C22H25Cl4N3O4S. The molecule has 1 N–H and O–H groups in total. The summed E-state index contributed by atoms with van der Waals surface area (Å²) in [6, 6.07) is 8.14. The molecule has 0 bridgehead atoms. The van der Waals surface area contributed by atoms with Crippen molar-refractivity contribution in [1.29, 1.82) is 0 Å². The minimum atomic E-state index is -3.94. The minimum absolute atomic E-state index is 0.0136. The largest absolute Gasteiger partial charge is 0.352 e. The van der Waals surface area contributed by atoms with Crippen molar-refractivity contribution in [3.63, 3.8) is 0 Å². The van der Waals surface area contributed by atoms with E-state index < -0.39 is 34.4 Å². The van der Waals surface area contributed by atoms with Gasteiger partial charge in [-0.15, -0.1) is 0 Å². The minimum Gasteiger partial charge on any atom is -0.352 e. The average molecular weight is 569 g/mol. The molecular weight excluding hydrogens is 544 g/mol. The van der Waals surface area contributed by atoms with Gasteiger partial charge < -0.3 is 10.2 Å². The average Bonchev–Trinajstić information content (AvgIpc) is 2.72. The number of carbonyl (C=O) groups is 2. The van der Waals surface area contributed by atoms with Crippen molar-refractivity contribution in [1.82, 2.24) is 10.2 Å². The number of sulfonamides is 1. The van der Waals surface area contributed by atoms with Crippen LogP contribution in [-0.4, -0.2) is 50.0 Å². The summed E-state index contributed by atoms with van der Waals surface area (Å²) in [7, 11) is -3.94. The van der Waals surface area contributed by atoms with Crippen LogP contribution in [0.2, 0.25) is 20.1 Å². The number of nitrogens with one attached hydrogen (secondary N) is 1. The van der Waals surface area contributed by atoms with Gasteiger partial charge in [-0.2, -0.15) is 0 Å². The van der Waals surface area contributed by atoms with Crippen LogP contribution in [0.4, 0.5) is 5.69 Å². The van der Waals surface area contributed by atoms with Crippen LogP contribution >= 0.6 is 46.4 Å². The number of hydrogen-bond acceptors (Lipinski definition) is 4. The molecule has 186 valence electrons. The van der Waals surface area contributed by atoms with E-state index in [1.165, 1.54) is 29.2 Å². The predicted molar refractivity (Wildman–Crippen MR) is 138 cm³/mol. The molecule has 1 unspecified atom stereocenters. The maximum Gasteiger partial charge on any atom is 0.244 e. The smallest absolute Gasteiger partial charge is 0.244 e. The molecule has 0 aliphatic rings. The molecule has 0 heterocycles. The molecule has 12 heteroatoms. The number of rotatable bonds is 9. The first-order chi connectivity index (χ1) is 15.7. The van der Waals surface area contributed by atoms with Crippen molar-refractivity contribution >= 4 is 73.9 Å². The Balaban J connectivity index is 2.47. The first-order valence-corrected chi connectivity index (χ1v) is 13.5. The highest BCUT2D eigenvalue weighted by Gasteiger charge is 2.31. The molecule has 7 nitrogen and oxygen atoms in total. The zero-order valence-electron chi connectivity index (χ0n) is 19.0. The maximum atomic E-state index is 13.5. The Kier molecular flexibility index (Phi) is 9.91. The Morgan fingerprint density at radius 2 is 1.65 bits per heavy atom. The Labute approximate surface area is 220 Å². The fourth-order valence-electron chi connectivity index (χ4n) is 3.10. The van der Waals surface area contributed by atoms with Crippen LogP contribution < -0.4 is 9.62 Å². The van der Waals surface area contributed by atoms with Crippen LogP contribution in [0.3, 0.4) is 0 Å². The molecule has 0 aliphatic heterocycles. The molecule has 1 atom stereocenters. The van der Waals surface area contributed by atoms with E-state index in [1.54, 1.807) is 32.9 Å². The summed E-state index contributed by atoms with van der Waals surface area (Å²) in [5, 5.41) is 3.60. The first kappa shape index (κ1) is 28.5. The van der Waals surface area contributed by atoms with Gasteiger partial charge in [-0.3, -0.25) is 13.9 Å². The van der Waals surface area contributed by atoms with Crippen molar-refractivity contribution in [3.05, 3.63) is 62.1 Å². The lowest BCUT2D eigenvalue weighted by molar-refractivity contribution is -0.139. The third kappa shape index (κ3) is 7.39. The Hall–Kier alpha value is -1.71. The summed E-state index contributed by atoms with van der Waals surface area (Å²) in [5.74, 6) is -1.04. The number of carbonyl (C=O) groups excluding carboxylic acids is 2. The van der Waals surface area contributed by atoms with Crippen molar-refractivity contribution in [2.75, 3.05) is 17.1 Å². The van der Waals surface area contributed by atoms with Gasteiger partial charge in [-0.1, -0.05) is 58.5 Å². The van der Waals surface area contributed by atoms with Crippen LogP contribution in [0.15, 0.2) is 36.4 Å². The Bertz CT molecular complexity index is 1170. The van der Waals surface area contributed by atoms with Gasteiger partial charge in [0.2, 0.25) is 21.8 Å². The van der Waals surface area contributed by atoms with Gasteiger partial charge >= 0.3 is 0 Å². The van der Waals surface area contributed by atoms with Crippen molar-refractivity contribution in [2.24, 2.45) is 0 Å². The summed E-state index contributed by atoms with van der Waals surface area (Å²) < 4.78 is 26.0. The molecule has 34 heavy (non-hydrogen) atoms. The van der Waals surface area contributed by atoms with Crippen LogP contribution in [0.25, 0.3) is 0 Å². The van der Waals surface area contributed by atoms with E-state index in [2.05, 4.69) is 5.32 Å². The molecule has 0 fully saturated rings. The molecule has 2 rings (SSSR count). The highest BCUT2D eigenvalue weighted by molar-refractivity contribution is 7.92. The quantitative estimate of drug-likeness (QED) is 0.461. The fraction of sp³-hybridized carbons (Fsp3) is 0.364. The highest BCUT2D eigenvalue weighted by Crippen LogP contribution is 2.34. The third-order valence-corrected chi connectivity index (χ3v) is 7.36. The summed E-state index contributed by atoms with van der Waals surface area (Å²) in [4.78, 5) is 27.5. The van der Waals surface area contributed by atoms with Gasteiger partial charge in [-0.05, 0) is 50.6 Å². The zero-order chi connectivity index (χ0) is 25.8. The van der Waals surface area contributed by atoms with E-state index in [0.717, 1.165) is 10.6 Å². The van der Waals surface area contributed by atoms with Crippen molar-refractivity contribution < 1.29 is 18.0 Å². The summed E-state index contributed by atoms with van der Waals surface area (Å²) in [6.07, 6.45) is 0.951. The van der Waals surface area contributed by atoms with Crippen LogP contribution in [0.5, 0.6) is 0 Å². The summed E-state index contributed by atoms with van der Waals surface area (Å²) in [6.45, 7) is 4.47. The molecule has 2 aromatic rings. The van der Waals surface area contributed by atoms with E-state index in [4.69, 9.17) is 46.4 Å². The lowest BCUT2D eigenvalue weighted by atomic mass is 10.1. The predicted octanol–water partition coefficient (Wildman–Crippen LogP) is 5.01. The van der Waals surface area contributed by atoms with E-state index in [9.17, 15) is 18.0 Å². The van der Waals surface area contributed by atoms with Gasteiger partial charge in [0, 0.05) is 22.6 Å². The van der Waals surface area contributed by atoms with Gasteiger partial charge in [0.1, 0.15) is 12.6 Å². The monoisotopic (exact) mass is 567 g/mol. The van der Waals surface area contributed by atoms with Gasteiger partial charge in [0.05, 0.1) is 22.0 Å². The Morgan fingerprint density at radius 3 is 2.21 bits per heavy atom. The molecule has 2 aromatic carbocycles. The van der Waals surface area contributed by atoms with Crippen molar-refractivity contribution in [3.8, 4) is 0 Å². The summed E-state index contributed by atoms with van der Waals surface area (Å²) in [5.41, 5.74) is 0.587. The number of amides is 2. The molecule has 0 saturated carbocycles. The second-order valence-corrected chi connectivity index (χ2v) is 11.5. The van der Waals surface area contributed by atoms with Crippen LogP contribution in [0.1, 0.15) is 26.3 Å². The van der Waals surface area contributed by atoms with Gasteiger partial charge in [0.25, 0.3) is 0 Å². The topological polar surface area (TPSA) is 86.8 Å². The number of anilines is 1. The van der Waals surface area contributed by atoms with Gasteiger partial charge in [-0.25, -0.2) is 8.42 Å². The van der Waals surface area contributed by atoms with E-state index >= 15 is 0 Å². The number of nitrogens with zero attached hydrogens (tertiary/aromatic N) is 2.